The van der Waals surface area contributed by atoms with E-state index in [1.807, 2.05) is 0 Å². The van der Waals surface area contributed by atoms with Crippen molar-refractivity contribution in [3.63, 3.8) is 0 Å². The van der Waals surface area contributed by atoms with Crippen LogP contribution in [0.1, 0.15) is 32.6 Å². The molecule has 1 aliphatic heterocycles. The molecule has 0 radical (unpaired) electrons. The van der Waals surface area contributed by atoms with Crippen molar-refractivity contribution < 1.29 is 0 Å². The molecule has 0 aromatic heterocycles. The zero-order chi connectivity index (χ0) is 9.10. The molecule has 1 saturated carbocycles. The maximum atomic E-state index is 2.74. The fourth-order valence-electron chi connectivity index (χ4n) is 2.55. The van der Waals surface area contributed by atoms with Gasteiger partial charge in [0, 0.05) is 30.6 Å². The van der Waals surface area contributed by atoms with Crippen LogP contribution in [0.3, 0.4) is 0 Å². The largest absolute Gasteiger partial charge is 0.299 e. The summed E-state index contributed by atoms with van der Waals surface area (Å²) in [6.45, 7) is 5.11. The highest BCUT2D eigenvalue weighted by Gasteiger charge is 2.24. The molecule has 2 fully saturated rings. The van der Waals surface area contributed by atoms with Gasteiger partial charge in [0.2, 0.25) is 0 Å². The molecule has 1 heterocycles. The average Bonchev–Trinajstić information content (AvgIpc) is 2.20. The monoisotopic (exact) mass is 199 g/mol. The Hall–Kier alpha value is 0.310. The van der Waals surface area contributed by atoms with Crippen LogP contribution in [0.5, 0.6) is 0 Å². The van der Waals surface area contributed by atoms with Gasteiger partial charge in [0.05, 0.1) is 0 Å². The van der Waals surface area contributed by atoms with Gasteiger partial charge in [0.1, 0.15) is 0 Å². The van der Waals surface area contributed by atoms with Crippen LogP contribution in [0.4, 0.5) is 0 Å². The molecule has 2 aliphatic rings. The van der Waals surface area contributed by atoms with Crippen LogP contribution in [0, 0.1) is 5.92 Å². The van der Waals surface area contributed by atoms with E-state index in [4.69, 9.17) is 0 Å². The molecule has 0 unspecified atom stereocenters. The van der Waals surface area contributed by atoms with Crippen molar-refractivity contribution in [3.05, 3.63) is 0 Å². The summed E-state index contributed by atoms with van der Waals surface area (Å²) in [7, 11) is 0. The number of thioether (sulfide) groups is 1. The lowest BCUT2D eigenvalue weighted by Crippen LogP contribution is -2.42. The van der Waals surface area contributed by atoms with E-state index in [1.54, 1.807) is 0 Å². The molecule has 76 valence electrons. The van der Waals surface area contributed by atoms with Crippen LogP contribution in [-0.4, -0.2) is 35.5 Å². The van der Waals surface area contributed by atoms with Crippen molar-refractivity contribution in [2.75, 3.05) is 24.6 Å². The minimum atomic E-state index is 0.942. The molecule has 0 spiro atoms. The van der Waals surface area contributed by atoms with Crippen LogP contribution in [0.25, 0.3) is 0 Å². The summed E-state index contributed by atoms with van der Waals surface area (Å²) in [6, 6.07) is 0.942. The second-order valence-corrected chi connectivity index (χ2v) is 5.79. The van der Waals surface area contributed by atoms with Gasteiger partial charge in [-0.2, -0.15) is 11.8 Å². The fourth-order valence-corrected chi connectivity index (χ4v) is 3.48. The van der Waals surface area contributed by atoms with E-state index in [2.05, 4.69) is 23.6 Å². The predicted molar refractivity (Wildman–Crippen MR) is 60.3 cm³/mol. The van der Waals surface area contributed by atoms with Crippen molar-refractivity contribution in [1.29, 1.82) is 0 Å². The molecule has 1 aliphatic carbocycles. The van der Waals surface area contributed by atoms with Gasteiger partial charge in [-0.1, -0.05) is 6.92 Å². The fraction of sp³-hybridized carbons (Fsp3) is 1.00. The Bertz CT molecular complexity index is 146. The van der Waals surface area contributed by atoms with E-state index >= 15 is 0 Å². The smallest absolute Gasteiger partial charge is 0.00961 e. The molecule has 1 saturated heterocycles. The molecule has 0 amide bonds. The summed E-state index contributed by atoms with van der Waals surface area (Å²) in [5.41, 5.74) is 0. The first kappa shape index (κ1) is 9.85. The molecule has 2 heteroatoms. The van der Waals surface area contributed by atoms with Crippen molar-refractivity contribution in [2.24, 2.45) is 5.92 Å². The molecular formula is C11H21NS. The highest BCUT2D eigenvalue weighted by Crippen LogP contribution is 2.28. The Morgan fingerprint density at radius 1 is 1.00 bits per heavy atom. The van der Waals surface area contributed by atoms with Crippen LogP contribution in [0.2, 0.25) is 0 Å². The number of nitrogens with zero attached hydrogens (tertiary/aromatic N) is 1. The molecule has 13 heavy (non-hydrogen) atoms. The van der Waals surface area contributed by atoms with Crippen LogP contribution < -0.4 is 0 Å². The van der Waals surface area contributed by atoms with Crippen LogP contribution >= 0.6 is 11.8 Å². The Morgan fingerprint density at radius 2 is 1.62 bits per heavy atom. The van der Waals surface area contributed by atoms with E-state index in [0.717, 1.165) is 12.0 Å². The van der Waals surface area contributed by atoms with Gasteiger partial charge in [0.25, 0.3) is 0 Å². The molecule has 1 nitrogen and oxygen atoms in total. The van der Waals surface area contributed by atoms with Gasteiger partial charge >= 0.3 is 0 Å². The van der Waals surface area contributed by atoms with E-state index in [-0.39, 0.29) is 0 Å². The predicted octanol–water partition coefficient (Wildman–Crippen LogP) is 2.61. The normalized spacial score (nSPS) is 37.6. The highest BCUT2D eigenvalue weighted by molar-refractivity contribution is 7.99. The molecule has 0 bridgehead atoms. The maximum absolute atomic E-state index is 2.74. The first-order valence-electron chi connectivity index (χ1n) is 5.68. The summed E-state index contributed by atoms with van der Waals surface area (Å²) in [5.74, 6) is 3.73. The Morgan fingerprint density at radius 3 is 2.23 bits per heavy atom. The Labute approximate surface area is 86.3 Å². The van der Waals surface area contributed by atoms with Crippen molar-refractivity contribution >= 4 is 11.8 Å². The van der Waals surface area contributed by atoms with Crippen LogP contribution in [-0.2, 0) is 0 Å². The van der Waals surface area contributed by atoms with Crippen molar-refractivity contribution in [1.82, 2.24) is 4.90 Å². The Kier molecular flexibility index (Phi) is 3.56. The lowest BCUT2D eigenvalue weighted by atomic mass is 9.86. The zero-order valence-corrected chi connectivity index (χ0v) is 9.48. The topological polar surface area (TPSA) is 3.24 Å². The zero-order valence-electron chi connectivity index (χ0n) is 8.67. The Balaban J connectivity index is 1.79. The quantitative estimate of drug-likeness (QED) is 0.638. The third-order valence-electron chi connectivity index (χ3n) is 3.55. The summed E-state index contributed by atoms with van der Waals surface area (Å²) >= 11 is 2.12. The molecule has 0 aromatic rings. The standard InChI is InChI=1S/C11H21NS/c1-10-2-4-11(5-3-10)12-6-8-13-9-7-12/h10-11H,2-9H2,1H3. The third-order valence-corrected chi connectivity index (χ3v) is 4.49. The van der Waals surface area contributed by atoms with E-state index in [1.165, 1.54) is 50.3 Å². The first-order chi connectivity index (χ1) is 6.36. The summed E-state index contributed by atoms with van der Waals surface area (Å²) in [5, 5.41) is 0. The molecule has 2 rings (SSSR count). The number of hydrogen-bond donors (Lipinski definition) is 0. The van der Waals surface area contributed by atoms with E-state index in [9.17, 15) is 0 Å². The lowest BCUT2D eigenvalue weighted by molar-refractivity contribution is 0.153. The lowest BCUT2D eigenvalue weighted by Gasteiger charge is -2.38. The van der Waals surface area contributed by atoms with Gasteiger partial charge in [-0.15, -0.1) is 0 Å². The number of hydrogen-bond acceptors (Lipinski definition) is 2. The highest BCUT2D eigenvalue weighted by atomic mass is 32.2. The molecule has 0 aromatic carbocycles. The van der Waals surface area contributed by atoms with Gasteiger partial charge in [-0.25, -0.2) is 0 Å². The SMILES string of the molecule is CC1CCC(N2CCSCC2)CC1. The first-order valence-corrected chi connectivity index (χ1v) is 6.83. The minimum absolute atomic E-state index is 0.942. The van der Waals surface area contributed by atoms with Gasteiger partial charge in [-0.3, -0.25) is 4.90 Å². The average molecular weight is 199 g/mol. The van der Waals surface area contributed by atoms with Gasteiger partial charge in [-0.05, 0) is 31.6 Å². The second kappa shape index (κ2) is 4.70. The summed E-state index contributed by atoms with van der Waals surface area (Å²) in [6.07, 6.45) is 5.86. The third kappa shape index (κ3) is 2.63. The van der Waals surface area contributed by atoms with Gasteiger partial charge in [0.15, 0.2) is 0 Å². The van der Waals surface area contributed by atoms with E-state index < -0.39 is 0 Å². The number of rotatable bonds is 1. The van der Waals surface area contributed by atoms with Crippen LogP contribution in [0.15, 0.2) is 0 Å². The van der Waals surface area contributed by atoms with E-state index in [0.29, 0.717) is 0 Å². The van der Waals surface area contributed by atoms with Crippen molar-refractivity contribution in [2.45, 2.75) is 38.6 Å². The minimum Gasteiger partial charge on any atom is -0.299 e. The molecule has 0 atom stereocenters. The second-order valence-electron chi connectivity index (χ2n) is 4.56. The summed E-state index contributed by atoms with van der Waals surface area (Å²) in [4.78, 5) is 2.74. The molecule has 0 N–H and O–H groups in total. The van der Waals surface area contributed by atoms with Crippen molar-refractivity contribution in [3.8, 4) is 0 Å². The summed E-state index contributed by atoms with van der Waals surface area (Å²) < 4.78 is 0. The van der Waals surface area contributed by atoms with Gasteiger partial charge < -0.3 is 0 Å². The maximum Gasteiger partial charge on any atom is 0.00961 e. The molecular weight excluding hydrogens is 178 g/mol.